The normalized spacial score (nSPS) is 20.3. The van der Waals surface area contributed by atoms with E-state index in [0.29, 0.717) is 5.56 Å². The summed E-state index contributed by atoms with van der Waals surface area (Å²) in [6.45, 7) is 5.00. The highest BCUT2D eigenvalue weighted by Crippen LogP contribution is 2.39. The minimum atomic E-state index is -1.28. The van der Waals surface area contributed by atoms with Gasteiger partial charge in [0, 0.05) is 23.6 Å². The quantitative estimate of drug-likeness (QED) is 0.591. The SMILES string of the molecule is CC(C)(C)OC(=O)N1CC(CO)C(NC(=S)NC(=O)c2ccccc2)(c2ccccc2F)C1. The Kier molecular flexibility index (Phi) is 7.34. The number of rotatable bonds is 4. The highest BCUT2D eigenvalue weighted by Gasteiger charge is 2.51. The lowest BCUT2D eigenvalue weighted by Gasteiger charge is -2.36. The maximum absolute atomic E-state index is 15.0. The third kappa shape index (κ3) is 5.66. The average molecular weight is 474 g/mol. The van der Waals surface area contributed by atoms with E-state index in [9.17, 15) is 19.1 Å². The summed E-state index contributed by atoms with van der Waals surface area (Å²) in [6.07, 6.45) is -0.583. The first-order chi connectivity index (χ1) is 15.6. The van der Waals surface area contributed by atoms with Gasteiger partial charge in [-0.3, -0.25) is 10.1 Å². The zero-order chi connectivity index (χ0) is 24.2. The summed E-state index contributed by atoms with van der Waals surface area (Å²) < 4.78 is 20.5. The van der Waals surface area contributed by atoms with Crippen molar-refractivity contribution in [3.8, 4) is 0 Å². The third-order valence-corrected chi connectivity index (χ3v) is 5.61. The highest BCUT2D eigenvalue weighted by atomic mass is 32.1. The van der Waals surface area contributed by atoms with Crippen LogP contribution in [0.5, 0.6) is 0 Å². The molecule has 1 fully saturated rings. The van der Waals surface area contributed by atoms with Crippen molar-refractivity contribution in [3.05, 3.63) is 71.5 Å². The number of ether oxygens (including phenoxy) is 1. The van der Waals surface area contributed by atoms with Gasteiger partial charge >= 0.3 is 6.09 Å². The summed E-state index contributed by atoms with van der Waals surface area (Å²) in [6, 6.07) is 14.6. The largest absolute Gasteiger partial charge is 0.444 e. The number of hydrogen-bond donors (Lipinski definition) is 3. The van der Waals surface area contributed by atoms with Crippen LogP contribution in [0.2, 0.25) is 0 Å². The van der Waals surface area contributed by atoms with Crippen molar-refractivity contribution in [3.63, 3.8) is 0 Å². The van der Waals surface area contributed by atoms with Crippen molar-refractivity contribution in [2.24, 2.45) is 5.92 Å². The van der Waals surface area contributed by atoms with E-state index in [1.165, 1.54) is 11.0 Å². The van der Waals surface area contributed by atoms with Crippen molar-refractivity contribution < 1.29 is 23.8 Å². The molecule has 0 spiro atoms. The Morgan fingerprint density at radius 1 is 1.18 bits per heavy atom. The minimum Gasteiger partial charge on any atom is -0.444 e. The molecule has 3 N–H and O–H groups in total. The fourth-order valence-electron chi connectivity index (χ4n) is 3.93. The van der Waals surface area contributed by atoms with Crippen LogP contribution in [-0.4, -0.2) is 52.4 Å². The summed E-state index contributed by atoms with van der Waals surface area (Å²) in [5.41, 5.74) is -1.37. The number of carbonyl (C=O) groups is 2. The molecule has 2 atom stereocenters. The molecular weight excluding hydrogens is 445 g/mol. The first-order valence-corrected chi connectivity index (χ1v) is 11.0. The third-order valence-electron chi connectivity index (χ3n) is 5.40. The second-order valence-electron chi connectivity index (χ2n) is 8.97. The van der Waals surface area contributed by atoms with Crippen LogP contribution in [0.15, 0.2) is 54.6 Å². The van der Waals surface area contributed by atoms with Crippen molar-refractivity contribution >= 4 is 29.3 Å². The van der Waals surface area contributed by atoms with Crippen LogP contribution >= 0.6 is 12.2 Å². The fraction of sp³-hybridized carbons (Fsp3) is 0.375. The Morgan fingerprint density at radius 3 is 2.42 bits per heavy atom. The Balaban J connectivity index is 1.92. The number of aliphatic hydroxyl groups excluding tert-OH is 1. The molecule has 1 aliphatic rings. The van der Waals surface area contributed by atoms with Gasteiger partial charge in [0.1, 0.15) is 11.4 Å². The molecular formula is C24H28FN3O4S. The van der Waals surface area contributed by atoms with Crippen LogP contribution in [0.25, 0.3) is 0 Å². The number of halogens is 1. The standard InChI is InChI=1S/C24H28FN3O4S/c1-23(2,3)32-22(31)28-13-17(14-29)24(15-28,18-11-7-8-12-19(18)25)27-21(33)26-20(30)16-9-5-4-6-10-16/h4-12,17,29H,13-15H2,1-3H3,(H2,26,27,30,33). The van der Waals surface area contributed by atoms with E-state index < -0.39 is 34.9 Å². The molecule has 2 aromatic carbocycles. The number of thiocarbonyl (C=S) groups is 1. The first-order valence-electron chi connectivity index (χ1n) is 10.6. The average Bonchev–Trinajstić information content (AvgIpc) is 3.12. The molecule has 0 radical (unpaired) electrons. The lowest BCUT2D eigenvalue weighted by Crippen LogP contribution is -2.56. The summed E-state index contributed by atoms with van der Waals surface area (Å²) in [5.74, 6) is -1.57. The number of nitrogens with zero attached hydrogens (tertiary/aromatic N) is 1. The van der Waals surface area contributed by atoms with E-state index in [2.05, 4.69) is 10.6 Å². The van der Waals surface area contributed by atoms with Gasteiger partial charge < -0.3 is 20.1 Å². The molecule has 0 saturated carbocycles. The number of likely N-dealkylation sites (tertiary alicyclic amines) is 1. The summed E-state index contributed by atoms with van der Waals surface area (Å²) in [5, 5.41) is 15.8. The molecule has 1 heterocycles. The van der Waals surface area contributed by atoms with Crippen LogP contribution in [0.4, 0.5) is 9.18 Å². The summed E-state index contributed by atoms with van der Waals surface area (Å²) in [7, 11) is 0. The molecule has 2 amide bonds. The second-order valence-corrected chi connectivity index (χ2v) is 9.37. The van der Waals surface area contributed by atoms with Gasteiger partial charge in [-0.2, -0.15) is 0 Å². The maximum atomic E-state index is 15.0. The van der Waals surface area contributed by atoms with E-state index in [4.69, 9.17) is 17.0 Å². The van der Waals surface area contributed by atoms with E-state index in [1.54, 1.807) is 69.3 Å². The predicted molar refractivity (Wildman–Crippen MR) is 126 cm³/mol. The molecule has 1 saturated heterocycles. The van der Waals surface area contributed by atoms with E-state index in [1.807, 2.05) is 0 Å². The molecule has 0 bridgehead atoms. The molecule has 3 rings (SSSR count). The van der Waals surface area contributed by atoms with Gasteiger partial charge in [0.05, 0.1) is 18.7 Å². The number of amides is 2. The minimum absolute atomic E-state index is 0.0184. The highest BCUT2D eigenvalue weighted by molar-refractivity contribution is 7.80. The van der Waals surface area contributed by atoms with E-state index in [0.717, 1.165) is 0 Å². The number of benzene rings is 2. The second kappa shape index (κ2) is 9.84. The van der Waals surface area contributed by atoms with Crippen LogP contribution in [0.3, 0.4) is 0 Å². The van der Waals surface area contributed by atoms with Crippen LogP contribution in [0, 0.1) is 11.7 Å². The van der Waals surface area contributed by atoms with Crippen LogP contribution in [0.1, 0.15) is 36.7 Å². The van der Waals surface area contributed by atoms with Crippen molar-refractivity contribution in [1.29, 1.82) is 0 Å². The lowest BCUT2D eigenvalue weighted by atomic mass is 9.80. The van der Waals surface area contributed by atoms with Crippen molar-refractivity contribution in [1.82, 2.24) is 15.5 Å². The molecule has 9 heteroatoms. The predicted octanol–water partition coefficient (Wildman–Crippen LogP) is 3.18. The van der Waals surface area contributed by atoms with Gasteiger partial charge in [-0.25, -0.2) is 9.18 Å². The molecule has 33 heavy (non-hydrogen) atoms. The smallest absolute Gasteiger partial charge is 0.410 e. The zero-order valence-corrected chi connectivity index (χ0v) is 19.6. The van der Waals surface area contributed by atoms with Crippen molar-refractivity contribution in [2.45, 2.75) is 31.9 Å². The van der Waals surface area contributed by atoms with E-state index >= 15 is 0 Å². The van der Waals surface area contributed by atoms with Gasteiger partial charge in [0.2, 0.25) is 0 Å². The Labute approximate surface area is 197 Å². The Bertz CT molecular complexity index is 1030. The van der Waals surface area contributed by atoms with Crippen LogP contribution < -0.4 is 10.6 Å². The van der Waals surface area contributed by atoms with Gasteiger partial charge in [0.15, 0.2) is 5.11 Å². The first kappa shape index (κ1) is 24.6. The fourth-order valence-corrected chi connectivity index (χ4v) is 4.21. The number of hydrogen-bond acceptors (Lipinski definition) is 5. The van der Waals surface area contributed by atoms with Crippen LogP contribution in [-0.2, 0) is 10.3 Å². The summed E-state index contributed by atoms with van der Waals surface area (Å²) >= 11 is 5.39. The van der Waals surface area contributed by atoms with Crippen molar-refractivity contribution in [2.75, 3.05) is 19.7 Å². The molecule has 2 aromatic rings. The van der Waals surface area contributed by atoms with E-state index in [-0.39, 0.29) is 30.4 Å². The molecule has 0 aromatic heterocycles. The summed E-state index contributed by atoms with van der Waals surface area (Å²) in [4.78, 5) is 26.8. The molecule has 0 aliphatic carbocycles. The maximum Gasteiger partial charge on any atom is 0.410 e. The topological polar surface area (TPSA) is 90.9 Å². The Morgan fingerprint density at radius 2 is 1.82 bits per heavy atom. The zero-order valence-electron chi connectivity index (χ0n) is 18.8. The number of aliphatic hydroxyl groups is 1. The lowest BCUT2D eigenvalue weighted by molar-refractivity contribution is 0.0277. The van der Waals surface area contributed by atoms with Gasteiger partial charge in [-0.1, -0.05) is 36.4 Å². The number of nitrogens with one attached hydrogen (secondary N) is 2. The molecule has 2 unspecified atom stereocenters. The van der Waals surface area contributed by atoms with Gasteiger partial charge in [0.25, 0.3) is 5.91 Å². The molecule has 176 valence electrons. The molecule has 7 nitrogen and oxygen atoms in total. The number of carbonyl (C=O) groups excluding carboxylic acids is 2. The van der Waals surface area contributed by atoms with Gasteiger partial charge in [-0.15, -0.1) is 0 Å². The Hall–Kier alpha value is -3.04. The monoisotopic (exact) mass is 473 g/mol. The van der Waals surface area contributed by atoms with Gasteiger partial charge in [-0.05, 0) is 51.2 Å². The molecule has 1 aliphatic heterocycles.